The van der Waals surface area contributed by atoms with Crippen LogP contribution in [-0.4, -0.2) is 5.78 Å². The minimum absolute atomic E-state index is 0. The maximum absolute atomic E-state index is 11.0. The largest absolute Gasteiger partial charge is 0.344 e. The molecule has 3 heteroatoms. The summed E-state index contributed by atoms with van der Waals surface area (Å²) in [7, 11) is 0. The highest BCUT2D eigenvalue weighted by Gasteiger charge is 2.30. The molecule has 0 spiro atoms. The van der Waals surface area contributed by atoms with Crippen molar-refractivity contribution in [3.8, 4) is 0 Å². The number of ketones is 1. The van der Waals surface area contributed by atoms with Crippen LogP contribution < -0.4 is 12.3 Å². The lowest BCUT2D eigenvalue weighted by Gasteiger charge is -2.27. The maximum atomic E-state index is 11.0. The average molecular weight is 268 g/mol. The van der Waals surface area contributed by atoms with Gasteiger partial charge in [0.2, 0.25) is 0 Å². The SMILES string of the molecule is C1CC2CCC1C2.CC1=CC(=O)CC(C)(C)C1.N.N. The normalized spacial score (nSPS) is 30.5. The molecule has 0 amide bonds. The molecule has 19 heavy (non-hydrogen) atoms. The van der Waals surface area contributed by atoms with Crippen LogP contribution in [0.25, 0.3) is 0 Å². The molecule has 0 atom stereocenters. The summed E-state index contributed by atoms with van der Waals surface area (Å²) >= 11 is 0. The number of carbonyl (C=O) groups excluding carboxylic acids is 1. The van der Waals surface area contributed by atoms with Crippen LogP contribution in [0.1, 0.15) is 65.7 Å². The van der Waals surface area contributed by atoms with Crippen molar-refractivity contribution < 1.29 is 4.79 Å². The zero-order valence-corrected chi connectivity index (χ0v) is 13.0. The first-order valence-electron chi connectivity index (χ1n) is 7.15. The molecule has 2 fully saturated rings. The fraction of sp³-hybridized carbons (Fsp3) is 0.812. The molecular formula is C16H32N2O. The molecule has 0 aliphatic heterocycles. The molecular weight excluding hydrogens is 236 g/mol. The first kappa shape index (κ1) is 18.3. The summed E-state index contributed by atoms with van der Waals surface area (Å²) in [5.41, 5.74) is 1.43. The highest BCUT2D eigenvalue weighted by molar-refractivity contribution is 5.91. The Balaban J connectivity index is 0.000000320. The van der Waals surface area contributed by atoms with E-state index in [0.717, 1.165) is 6.42 Å². The minimum atomic E-state index is 0. The predicted octanol–water partition coefficient (Wildman–Crippen LogP) is 4.84. The van der Waals surface area contributed by atoms with Crippen molar-refractivity contribution in [1.29, 1.82) is 0 Å². The summed E-state index contributed by atoms with van der Waals surface area (Å²) in [5, 5.41) is 0. The molecule has 0 radical (unpaired) electrons. The number of hydrogen-bond acceptors (Lipinski definition) is 3. The van der Waals surface area contributed by atoms with Crippen LogP contribution in [0.3, 0.4) is 0 Å². The molecule has 6 N–H and O–H groups in total. The standard InChI is InChI=1S/C9H14O.C7H12.2H3N/c1-7-4-8(10)6-9(2,3)5-7;1-2-7-4-3-6(1)5-7;;/h4H,5-6H2,1-3H3;6-7H,1-5H2;2*1H3. The Hall–Kier alpha value is -0.670. The molecule has 3 aliphatic carbocycles. The summed E-state index contributed by atoms with van der Waals surface area (Å²) in [6, 6.07) is 0. The second-order valence-electron chi connectivity index (χ2n) is 7.10. The molecule has 2 bridgehead atoms. The molecule has 0 aromatic carbocycles. The number of hydrogen-bond donors (Lipinski definition) is 2. The number of carbonyl (C=O) groups is 1. The summed E-state index contributed by atoms with van der Waals surface area (Å²) < 4.78 is 0. The van der Waals surface area contributed by atoms with Crippen molar-refractivity contribution in [3.05, 3.63) is 11.6 Å². The molecule has 3 nitrogen and oxygen atoms in total. The van der Waals surface area contributed by atoms with Gasteiger partial charge in [-0.25, -0.2) is 0 Å². The van der Waals surface area contributed by atoms with Crippen LogP contribution in [-0.2, 0) is 4.79 Å². The third-order valence-corrected chi connectivity index (χ3v) is 4.45. The summed E-state index contributed by atoms with van der Waals surface area (Å²) in [6.45, 7) is 6.31. The zero-order chi connectivity index (χ0) is 12.5. The van der Waals surface area contributed by atoms with Crippen molar-refractivity contribution in [2.45, 2.75) is 65.7 Å². The van der Waals surface area contributed by atoms with E-state index in [4.69, 9.17) is 0 Å². The van der Waals surface area contributed by atoms with Gasteiger partial charge in [0.15, 0.2) is 5.78 Å². The third kappa shape index (κ3) is 5.45. The topological polar surface area (TPSA) is 87.1 Å². The molecule has 0 aromatic heterocycles. The van der Waals surface area contributed by atoms with Crippen LogP contribution in [0.5, 0.6) is 0 Å². The van der Waals surface area contributed by atoms with Crippen LogP contribution in [0.15, 0.2) is 11.6 Å². The summed E-state index contributed by atoms with van der Waals surface area (Å²) in [5.74, 6) is 2.63. The highest BCUT2D eigenvalue weighted by Crippen LogP contribution is 2.43. The van der Waals surface area contributed by atoms with Crippen LogP contribution in [0.4, 0.5) is 0 Å². The van der Waals surface area contributed by atoms with Crippen molar-refractivity contribution in [1.82, 2.24) is 12.3 Å². The Morgan fingerprint density at radius 1 is 1.00 bits per heavy atom. The minimum Gasteiger partial charge on any atom is -0.344 e. The summed E-state index contributed by atoms with van der Waals surface area (Å²) in [4.78, 5) is 11.0. The van der Waals surface area contributed by atoms with Crippen molar-refractivity contribution in [2.24, 2.45) is 17.3 Å². The highest BCUT2D eigenvalue weighted by atomic mass is 16.1. The molecule has 0 aromatic rings. The third-order valence-electron chi connectivity index (χ3n) is 4.45. The van der Waals surface area contributed by atoms with Gasteiger partial charge in [-0.2, -0.15) is 0 Å². The number of rotatable bonds is 0. The molecule has 3 rings (SSSR count). The van der Waals surface area contributed by atoms with E-state index < -0.39 is 0 Å². The van der Waals surface area contributed by atoms with Gasteiger partial charge in [0.25, 0.3) is 0 Å². The Morgan fingerprint density at radius 3 is 1.74 bits per heavy atom. The number of fused-ring (bicyclic) bond motifs is 2. The molecule has 112 valence electrons. The van der Waals surface area contributed by atoms with Crippen LogP contribution >= 0.6 is 0 Å². The molecule has 2 saturated carbocycles. The second-order valence-corrected chi connectivity index (χ2v) is 7.10. The quantitative estimate of drug-likeness (QED) is 0.658. The predicted molar refractivity (Wildman–Crippen MR) is 81.9 cm³/mol. The van der Waals surface area contributed by atoms with Gasteiger partial charge >= 0.3 is 0 Å². The van der Waals surface area contributed by atoms with Gasteiger partial charge in [-0.15, -0.1) is 0 Å². The fourth-order valence-electron chi connectivity index (χ4n) is 3.84. The van der Waals surface area contributed by atoms with E-state index in [9.17, 15) is 4.79 Å². The second kappa shape index (κ2) is 7.20. The van der Waals surface area contributed by atoms with E-state index in [-0.39, 0.29) is 23.5 Å². The van der Waals surface area contributed by atoms with E-state index in [1.54, 1.807) is 38.2 Å². The van der Waals surface area contributed by atoms with Gasteiger partial charge in [0, 0.05) is 6.42 Å². The van der Waals surface area contributed by atoms with Crippen LogP contribution in [0, 0.1) is 17.3 Å². The van der Waals surface area contributed by atoms with Gasteiger partial charge in [-0.1, -0.05) is 45.1 Å². The van der Waals surface area contributed by atoms with E-state index in [2.05, 4.69) is 13.8 Å². The molecule has 0 heterocycles. The first-order chi connectivity index (χ1) is 7.94. The van der Waals surface area contributed by atoms with E-state index in [1.807, 2.05) is 6.92 Å². The van der Waals surface area contributed by atoms with Gasteiger partial charge in [-0.3, -0.25) is 4.79 Å². The Labute approximate surface area is 118 Å². The average Bonchev–Trinajstić information content (AvgIpc) is 2.76. The Kier molecular flexibility index (Phi) is 6.95. The fourth-order valence-corrected chi connectivity index (χ4v) is 3.84. The molecule has 0 unspecified atom stereocenters. The first-order valence-corrected chi connectivity index (χ1v) is 7.15. The zero-order valence-electron chi connectivity index (χ0n) is 13.0. The van der Waals surface area contributed by atoms with Gasteiger partial charge < -0.3 is 12.3 Å². The van der Waals surface area contributed by atoms with Gasteiger partial charge in [0.05, 0.1) is 0 Å². The van der Waals surface area contributed by atoms with Crippen LogP contribution in [0.2, 0.25) is 0 Å². The van der Waals surface area contributed by atoms with Crippen molar-refractivity contribution in [2.75, 3.05) is 0 Å². The molecule has 0 saturated heterocycles. The maximum Gasteiger partial charge on any atom is 0.156 e. The monoisotopic (exact) mass is 268 g/mol. The summed E-state index contributed by atoms with van der Waals surface area (Å²) in [6.07, 6.45) is 11.4. The lowest BCUT2D eigenvalue weighted by atomic mass is 9.77. The van der Waals surface area contributed by atoms with Crippen molar-refractivity contribution in [3.63, 3.8) is 0 Å². The lowest BCUT2D eigenvalue weighted by molar-refractivity contribution is -0.117. The van der Waals surface area contributed by atoms with Crippen molar-refractivity contribution >= 4 is 5.78 Å². The lowest BCUT2D eigenvalue weighted by Crippen LogP contribution is -2.20. The van der Waals surface area contributed by atoms with Gasteiger partial charge in [-0.05, 0) is 43.1 Å². The van der Waals surface area contributed by atoms with E-state index in [0.29, 0.717) is 6.42 Å². The van der Waals surface area contributed by atoms with E-state index >= 15 is 0 Å². The smallest absolute Gasteiger partial charge is 0.156 e. The Morgan fingerprint density at radius 2 is 1.47 bits per heavy atom. The van der Waals surface area contributed by atoms with E-state index in [1.165, 1.54) is 17.4 Å². The Bertz CT molecular complexity index is 316. The van der Waals surface area contributed by atoms with Gasteiger partial charge in [0.1, 0.15) is 0 Å². The molecule has 3 aliphatic rings. The number of allylic oxidation sites excluding steroid dienone is 2.